The number of piperazine rings is 1. The Bertz CT molecular complexity index is 750. The molecule has 0 unspecified atom stereocenters. The monoisotopic (exact) mass is 341 g/mol. The van der Waals surface area contributed by atoms with Crippen LogP contribution in [0.4, 0.5) is 0 Å². The highest BCUT2D eigenvalue weighted by Gasteiger charge is 2.19. The van der Waals surface area contributed by atoms with Gasteiger partial charge in [-0.2, -0.15) is 0 Å². The first-order chi connectivity index (χ1) is 11.9. The van der Waals surface area contributed by atoms with Crippen molar-refractivity contribution in [2.75, 3.05) is 26.2 Å². The summed E-state index contributed by atoms with van der Waals surface area (Å²) in [6.45, 7) is 5.99. The molecule has 0 amide bonds. The van der Waals surface area contributed by atoms with E-state index in [1.165, 1.54) is 0 Å². The second-order valence-electron chi connectivity index (χ2n) is 5.85. The highest BCUT2D eigenvalue weighted by molar-refractivity contribution is 7.13. The van der Waals surface area contributed by atoms with Crippen LogP contribution in [0.15, 0.2) is 46.7 Å². The molecular formula is C17H19N5OS. The number of rotatable bonds is 5. The van der Waals surface area contributed by atoms with Crippen LogP contribution in [0.2, 0.25) is 0 Å². The van der Waals surface area contributed by atoms with Gasteiger partial charge in [0.15, 0.2) is 10.8 Å². The Hall–Kier alpha value is -2.09. The Kier molecular flexibility index (Phi) is 4.64. The van der Waals surface area contributed by atoms with Crippen molar-refractivity contribution >= 4 is 11.3 Å². The summed E-state index contributed by atoms with van der Waals surface area (Å²) in [7, 11) is 0. The Balaban J connectivity index is 1.30. The van der Waals surface area contributed by atoms with Gasteiger partial charge in [-0.3, -0.25) is 9.80 Å². The van der Waals surface area contributed by atoms with E-state index in [1.807, 2.05) is 18.2 Å². The summed E-state index contributed by atoms with van der Waals surface area (Å²) in [5, 5.41) is 3.00. The van der Waals surface area contributed by atoms with E-state index in [-0.39, 0.29) is 0 Å². The van der Waals surface area contributed by atoms with Crippen molar-refractivity contribution in [2.24, 2.45) is 0 Å². The maximum Gasteiger partial charge on any atom is 0.188 e. The number of furan rings is 1. The lowest BCUT2D eigenvalue weighted by atomic mass is 10.3. The number of hydrogen-bond donors (Lipinski definition) is 0. The average molecular weight is 341 g/mol. The molecule has 0 spiro atoms. The topological polar surface area (TPSA) is 58.3 Å². The van der Waals surface area contributed by atoms with E-state index >= 15 is 0 Å². The van der Waals surface area contributed by atoms with Crippen LogP contribution in [0, 0.1) is 0 Å². The average Bonchev–Trinajstić information content (AvgIpc) is 3.29. The van der Waals surface area contributed by atoms with E-state index in [4.69, 9.17) is 4.42 Å². The molecule has 4 heterocycles. The quantitative estimate of drug-likeness (QED) is 0.711. The van der Waals surface area contributed by atoms with E-state index < -0.39 is 0 Å². The van der Waals surface area contributed by atoms with Crippen molar-refractivity contribution in [3.63, 3.8) is 0 Å². The zero-order valence-electron chi connectivity index (χ0n) is 13.3. The Morgan fingerprint density at radius 3 is 2.46 bits per heavy atom. The normalized spacial score (nSPS) is 16.5. The molecule has 6 nitrogen and oxygen atoms in total. The van der Waals surface area contributed by atoms with Gasteiger partial charge in [0, 0.05) is 50.5 Å². The van der Waals surface area contributed by atoms with Crippen LogP contribution in [0.5, 0.6) is 0 Å². The Morgan fingerprint density at radius 1 is 1.00 bits per heavy atom. The number of hydrogen-bond acceptors (Lipinski definition) is 7. The summed E-state index contributed by atoms with van der Waals surface area (Å²) < 4.78 is 5.43. The smallest absolute Gasteiger partial charge is 0.188 e. The van der Waals surface area contributed by atoms with E-state index in [1.54, 1.807) is 30.0 Å². The van der Waals surface area contributed by atoms with E-state index in [9.17, 15) is 0 Å². The fraction of sp³-hybridized carbons (Fsp3) is 0.353. The second kappa shape index (κ2) is 7.21. The molecule has 3 aromatic heterocycles. The van der Waals surface area contributed by atoms with Gasteiger partial charge in [0.2, 0.25) is 0 Å². The lowest BCUT2D eigenvalue weighted by Crippen LogP contribution is -2.45. The van der Waals surface area contributed by atoms with Gasteiger partial charge in [0.25, 0.3) is 0 Å². The zero-order chi connectivity index (χ0) is 16.2. The first-order valence-electron chi connectivity index (χ1n) is 8.06. The lowest BCUT2D eigenvalue weighted by molar-refractivity contribution is 0.115. The van der Waals surface area contributed by atoms with Crippen LogP contribution in [0.3, 0.4) is 0 Å². The first kappa shape index (κ1) is 15.4. The van der Waals surface area contributed by atoms with Crippen LogP contribution in [-0.4, -0.2) is 50.9 Å². The second-order valence-corrected chi connectivity index (χ2v) is 6.71. The highest BCUT2D eigenvalue weighted by Crippen LogP contribution is 2.21. The zero-order valence-corrected chi connectivity index (χ0v) is 14.2. The van der Waals surface area contributed by atoms with Crippen LogP contribution >= 0.6 is 11.3 Å². The van der Waals surface area contributed by atoms with Crippen LogP contribution < -0.4 is 0 Å². The molecule has 0 aliphatic carbocycles. The number of thiazole rings is 1. The molecule has 4 rings (SSSR count). The van der Waals surface area contributed by atoms with Gasteiger partial charge < -0.3 is 4.42 Å². The molecule has 1 fully saturated rings. The molecule has 24 heavy (non-hydrogen) atoms. The van der Waals surface area contributed by atoms with Crippen molar-refractivity contribution in [3.05, 3.63) is 53.7 Å². The molecule has 0 bridgehead atoms. The third-order valence-corrected chi connectivity index (χ3v) is 5.01. The van der Waals surface area contributed by atoms with Crippen LogP contribution in [-0.2, 0) is 13.1 Å². The molecule has 0 radical (unpaired) electrons. The maximum atomic E-state index is 5.43. The Morgan fingerprint density at radius 2 is 1.75 bits per heavy atom. The maximum absolute atomic E-state index is 5.43. The SMILES string of the molecule is c1cnc(-c2nc(CN3CCN(Cc4ccco4)CC3)cs2)nc1. The predicted molar refractivity (Wildman–Crippen MR) is 92.4 cm³/mol. The van der Waals surface area contributed by atoms with Gasteiger partial charge in [-0.1, -0.05) is 0 Å². The molecule has 0 saturated carbocycles. The van der Waals surface area contributed by atoms with Crippen molar-refractivity contribution < 1.29 is 4.42 Å². The third-order valence-electron chi connectivity index (χ3n) is 4.12. The summed E-state index contributed by atoms with van der Waals surface area (Å²) in [6.07, 6.45) is 5.24. The van der Waals surface area contributed by atoms with Gasteiger partial charge in [0.1, 0.15) is 5.76 Å². The van der Waals surface area contributed by atoms with Gasteiger partial charge in [0.05, 0.1) is 18.5 Å². The summed E-state index contributed by atoms with van der Waals surface area (Å²) in [6, 6.07) is 5.80. The van der Waals surface area contributed by atoms with Crippen molar-refractivity contribution in [3.8, 4) is 10.8 Å². The summed E-state index contributed by atoms with van der Waals surface area (Å²) in [5.74, 6) is 1.74. The molecule has 1 aliphatic heterocycles. The molecule has 0 N–H and O–H groups in total. The molecule has 0 atom stereocenters. The minimum atomic E-state index is 0.706. The number of nitrogens with zero attached hydrogens (tertiary/aromatic N) is 5. The molecule has 3 aromatic rings. The molecule has 7 heteroatoms. The molecule has 0 aromatic carbocycles. The molecular weight excluding hydrogens is 322 g/mol. The predicted octanol–water partition coefficient (Wildman–Crippen LogP) is 2.51. The summed E-state index contributed by atoms with van der Waals surface area (Å²) in [4.78, 5) is 18.1. The summed E-state index contributed by atoms with van der Waals surface area (Å²) >= 11 is 1.61. The van der Waals surface area contributed by atoms with Crippen LogP contribution in [0.1, 0.15) is 11.5 Å². The fourth-order valence-electron chi connectivity index (χ4n) is 2.85. The molecule has 124 valence electrons. The lowest BCUT2D eigenvalue weighted by Gasteiger charge is -2.33. The standard InChI is InChI=1S/C17H19N5OS/c1-3-15(23-10-1)12-22-8-6-21(7-9-22)11-14-13-24-17(20-14)16-18-4-2-5-19-16/h1-5,10,13H,6-9,11-12H2. The van der Waals surface area contributed by atoms with E-state index in [0.717, 1.165) is 55.7 Å². The fourth-order valence-corrected chi connectivity index (χ4v) is 3.61. The van der Waals surface area contributed by atoms with Gasteiger partial charge in [-0.25, -0.2) is 15.0 Å². The van der Waals surface area contributed by atoms with Crippen molar-refractivity contribution in [1.29, 1.82) is 0 Å². The molecule has 1 aliphatic rings. The van der Waals surface area contributed by atoms with E-state index in [2.05, 4.69) is 30.1 Å². The van der Waals surface area contributed by atoms with E-state index in [0.29, 0.717) is 5.82 Å². The van der Waals surface area contributed by atoms with Gasteiger partial charge >= 0.3 is 0 Å². The largest absolute Gasteiger partial charge is 0.468 e. The highest BCUT2D eigenvalue weighted by atomic mass is 32.1. The minimum Gasteiger partial charge on any atom is -0.468 e. The third kappa shape index (κ3) is 3.69. The Labute approximate surface area is 144 Å². The number of aromatic nitrogens is 3. The minimum absolute atomic E-state index is 0.706. The van der Waals surface area contributed by atoms with Gasteiger partial charge in [-0.05, 0) is 18.2 Å². The first-order valence-corrected chi connectivity index (χ1v) is 8.94. The van der Waals surface area contributed by atoms with Crippen LogP contribution in [0.25, 0.3) is 10.8 Å². The summed E-state index contributed by atoms with van der Waals surface area (Å²) in [5.41, 5.74) is 1.10. The van der Waals surface area contributed by atoms with Crippen molar-refractivity contribution in [2.45, 2.75) is 13.1 Å². The molecule has 1 saturated heterocycles. The van der Waals surface area contributed by atoms with Gasteiger partial charge in [-0.15, -0.1) is 11.3 Å². The van der Waals surface area contributed by atoms with Crippen molar-refractivity contribution in [1.82, 2.24) is 24.8 Å².